The molecule has 21 heavy (non-hydrogen) atoms. The summed E-state index contributed by atoms with van der Waals surface area (Å²) in [6.07, 6.45) is 0. The minimum atomic E-state index is 0.684. The summed E-state index contributed by atoms with van der Waals surface area (Å²) in [7, 11) is 4.07. The van der Waals surface area contributed by atoms with Crippen LogP contribution in [0.4, 0.5) is 5.69 Å². The van der Waals surface area contributed by atoms with Crippen LogP contribution in [0.2, 0.25) is 4.34 Å². The Bertz CT molecular complexity index is 569. The topological polar surface area (TPSA) is 24.5 Å². The summed E-state index contributed by atoms with van der Waals surface area (Å²) >= 11 is 11.0. The molecule has 1 aromatic heterocycles. The van der Waals surface area contributed by atoms with E-state index < -0.39 is 0 Å². The second kappa shape index (κ2) is 8.03. The Labute approximate surface area is 143 Å². The Morgan fingerprint density at radius 1 is 1.33 bits per heavy atom. The molecule has 2 rings (SSSR count). The highest BCUT2D eigenvalue weighted by Gasteiger charge is 2.04. The third-order valence-electron chi connectivity index (χ3n) is 2.80. The molecule has 1 aromatic carbocycles. The van der Waals surface area contributed by atoms with Gasteiger partial charge in [0, 0.05) is 34.2 Å². The van der Waals surface area contributed by atoms with Gasteiger partial charge in [0.2, 0.25) is 0 Å². The molecule has 0 radical (unpaired) electrons. The van der Waals surface area contributed by atoms with Gasteiger partial charge < -0.3 is 15.0 Å². The summed E-state index contributed by atoms with van der Waals surface area (Å²) in [5.74, 6) is 0.882. The highest BCUT2D eigenvalue weighted by atomic mass is 79.9. The number of nitrogens with one attached hydrogen (secondary N) is 1. The Morgan fingerprint density at radius 2 is 2.14 bits per heavy atom. The maximum absolute atomic E-state index is 6.04. The number of ether oxygens (including phenoxy) is 1. The number of hydrogen-bond acceptors (Lipinski definition) is 4. The molecule has 0 saturated carbocycles. The van der Waals surface area contributed by atoms with Crippen LogP contribution >= 0.6 is 38.9 Å². The summed E-state index contributed by atoms with van der Waals surface area (Å²) < 4.78 is 7.46. The number of likely N-dealkylation sites (N-methyl/N-ethyl adjacent to an activating group) is 1. The first-order valence-corrected chi connectivity index (χ1v) is 8.58. The van der Waals surface area contributed by atoms with Crippen molar-refractivity contribution in [3.05, 3.63) is 44.0 Å². The molecule has 0 aliphatic rings. The van der Waals surface area contributed by atoms with Crippen LogP contribution in [0.25, 0.3) is 0 Å². The van der Waals surface area contributed by atoms with E-state index in [0.717, 1.165) is 33.3 Å². The van der Waals surface area contributed by atoms with E-state index in [9.17, 15) is 0 Å². The van der Waals surface area contributed by atoms with Crippen molar-refractivity contribution < 1.29 is 4.74 Å². The van der Waals surface area contributed by atoms with Crippen LogP contribution in [0.1, 0.15) is 4.88 Å². The maximum Gasteiger partial charge on any atom is 0.121 e. The molecular weight excluding hydrogens is 372 g/mol. The van der Waals surface area contributed by atoms with Crippen molar-refractivity contribution in [3.63, 3.8) is 0 Å². The normalized spacial score (nSPS) is 10.9. The second-order valence-electron chi connectivity index (χ2n) is 4.87. The van der Waals surface area contributed by atoms with E-state index >= 15 is 0 Å². The number of thiophene rings is 1. The van der Waals surface area contributed by atoms with Gasteiger partial charge in [-0.25, -0.2) is 0 Å². The Balaban J connectivity index is 1.88. The maximum atomic E-state index is 6.04. The summed E-state index contributed by atoms with van der Waals surface area (Å²) in [5, 5.41) is 3.38. The van der Waals surface area contributed by atoms with Gasteiger partial charge in [-0.3, -0.25) is 0 Å². The molecule has 6 heteroatoms. The summed E-state index contributed by atoms with van der Waals surface area (Å²) in [6, 6.07) is 10.0. The van der Waals surface area contributed by atoms with E-state index in [1.165, 1.54) is 4.88 Å². The summed E-state index contributed by atoms with van der Waals surface area (Å²) in [6.45, 7) is 2.33. The number of benzene rings is 1. The fourth-order valence-electron chi connectivity index (χ4n) is 1.71. The predicted octanol–water partition coefficient (Wildman–Crippen LogP) is 4.72. The highest BCUT2D eigenvalue weighted by molar-refractivity contribution is 9.10. The quantitative estimate of drug-likeness (QED) is 0.742. The van der Waals surface area contributed by atoms with E-state index in [-0.39, 0.29) is 0 Å². The lowest BCUT2D eigenvalue weighted by Crippen LogP contribution is -2.19. The molecule has 0 bridgehead atoms. The molecule has 0 aliphatic carbocycles. The van der Waals surface area contributed by atoms with Crippen LogP contribution in [-0.2, 0) is 6.54 Å². The number of anilines is 1. The predicted molar refractivity (Wildman–Crippen MR) is 94.8 cm³/mol. The molecule has 0 amide bonds. The lowest BCUT2D eigenvalue weighted by atomic mass is 10.3. The number of hydrogen-bond donors (Lipinski definition) is 1. The molecule has 0 fully saturated rings. The molecule has 0 saturated heterocycles. The monoisotopic (exact) mass is 388 g/mol. The van der Waals surface area contributed by atoms with Gasteiger partial charge in [-0.15, -0.1) is 11.3 Å². The third kappa shape index (κ3) is 5.51. The average Bonchev–Trinajstić information content (AvgIpc) is 2.76. The van der Waals surface area contributed by atoms with Crippen LogP contribution in [0.3, 0.4) is 0 Å². The average molecular weight is 390 g/mol. The minimum Gasteiger partial charge on any atom is -0.492 e. The zero-order valence-electron chi connectivity index (χ0n) is 12.0. The van der Waals surface area contributed by atoms with Crippen molar-refractivity contribution in [2.75, 3.05) is 32.6 Å². The van der Waals surface area contributed by atoms with Gasteiger partial charge in [0.15, 0.2) is 0 Å². The molecule has 1 N–H and O–H groups in total. The van der Waals surface area contributed by atoms with Crippen molar-refractivity contribution in [2.45, 2.75) is 6.54 Å². The van der Waals surface area contributed by atoms with Crippen LogP contribution < -0.4 is 10.1 Å². The smallest absolute Gasteiger partial charge is 0.121 e. The van der Waals surface area contributed by atoms with Gasteiger partial charge in [-0.1, -0.05) is 17.7 Å². The molecule has 1 heterocycles. The van der Waals surface area contributed by atoms with Crippen LogP contribution in [0.5, 0.6) is 5.75 Å². The molecule has 3 nitrogen and oxygen atoms in total. The van der Waals surface area contributed by atoms with E-state index in [4.69, 9.17) is 16.3 Å². The van der Waals surface area contributed by atoms with Gasteiger partial charge in [0.1, 0.15) is 16.7 Å². The summed E-state index contributed by atoms with van der Waals surface area (Å²) in [5.41, 5.74) is 1.04. The first-order valence-electron chi connectivity index (χ1n) is 6.60. The van der Waals surface area contributed by atoms with Crippen molar-refractivity contribution >= 4 is 44.6 Å². The van der Waals surface area contributed by atoms with E-state index in [1.54, 1.807) is 11.3 Å². The van der Waals surface area contributed by atoms with Crippen LogP contribution in [0, 0.1) is 0 Å². The molecule has 114 valence electrons. The lowest BCUT2D eigenvalue weighted by molar-refractivity contribution is 0.261. The summed E-state index contributed by atoms with van der Waals surface area (Å²) in [4.78, 5) is 3.28. The minimum absolute atomic E-state index is 0.684. The van der Waals surface area contributed by atoms with E-state index in [2.05, 4.69) is 26.1 Å². The fraction of sp³-hybridized carbons (Fsp3) is 0.333. The molecule has 0 unspecified atom stereocenters. The van der Waals surface area contributed by atoms with E-state index in [0.29, 0.717) is 6.61 Å². The van der Waals surface area contributed by atoms with Crippen molar-refractivity contribution in [1.82, 2.24) is 4.90 Å². The standard InChI is InChI=1S/C15H18BrClN2OS/c1-19(2)6-7-20-12-5-3-4-11(8-12)18-10-13-9-14(16)15(17)21-13/h3-5,8-9,18H,6-7,10H2,1-2H3. The second-order valence-corrected chi connectivity index (χ2v) is 7.46. The molecule has 0 atom stereocenters. The van der Waals surface area contributed by atoms with E-state index in [1.807, 2.05) is 44.4 Å². The molecule has 0 aliphatic heterocycles. The Kier molecular flexibility index (Phi) is 6.36. The zero-order chi connectivity index (χ0) is 15.2. The van der Waals surface area contributed by atoms with Gasteiger partial charge in [0.05, 0.1) is 0 Å². The Morgan fingerprint density at radius 3 is 2.81 bits per heavy atom. The zero-order valence-corrected chi connectivity index (χ0v) is 15.2. The Hall–Kier alpha value is -0.750. The number of rotatable bonds is 7. The largest absolute Gasteiger partial charge is 0.492 e. The highest BCUT2D eigenvalue weighted by Crippen LogP contribution is 2.32. The van der Waals surface area contributed by atoms with Crippen molar-refractivity contribution in [2.24, 2.45) is 0 Å². The van der Waals surface area contributed by atoms with Gasteiger partial charge >= 0.3 is 0 Å². The van der Waals surface area contributed by atoms with Crippen molar-refractivity contribution in [3.8, 4) is 5.75 Å². The lowest BCUT2D eigenvalue weighted by Gasteiger charge is -2.12. The first-order chi connectivity index (χ1) is 10.0. The van der Waals surface area contributed by atoms with Crippen LogP contribution in [-0.4, -0.2) is 32.1 Å². The van der Waals surface area contributed by atoms with Crippen LogP contribution in [0.15, 0.2) is 34.8 Å². The SMILES string of the molecule is CN(C)CCOc1cccc(NCc2cc(Br)c(Cl)s2)c1. The number of nitrogens with zero attached hydrogens (tertiary/aromatic N) is 1. The molecular formula is C15H18BrClN2OS. The van der Waals surface area contributed by atoms with Gasteiger partial charge in [0.25, 0.3) is 0 Å². The molecule has 0 spiro atoms. The fourth-order valence-corrected chi connectivity index (χ4v) is 3.44. The molecule has 2 aromatic rings. The number of halogens is 2. The van der Waals surface area contributed by atoms with Gasteiger partial charge in [-0.05, 0) is 48.2 Å². The van der Waals surface area contributed by atoms with Gasteiger partial charge in [-0.2, -0.15) is 0 Å². The first kappa shape index (κ1) is 16.6. The van der Waals surface area contributed by atoms with Crippen molar-refractivity contribution in [1.29, 1.82) is 0 Å². The third-order valence-corrected chi connectivity index (χ3v) is 5.28.